The van der Waals surface area contributed by atoms with Crippen LogP contribution in [0.2, 0.25) is 0 Å². The van der Waals surface area contributed by atoms with E-state index in [4.69, 9.17) is 0 Å². The van der Waals surface area contributed by atoms with Crippen molar-refractivity contribution in [1.82, 2.24) is 4.98 Å². The van der Waals surface area contributed by atoms with Gasteiger partial charge in [-0.2, -0.15) is 0 Å². The van der Waals surface area contributed by atoms with E-state index in [1.807, 2.05) is 18.2 Å². The first kappa shape index (κ1) is 12.2. The van der Waals surface area contributed by atoms with Crippen molar-refractivity contribution in [3.8, 4) is 0 Å². The maximum Gasteiger partial charge on any atom is 0.128 e. The lowest BCUT2D eigenvalue weighted by Crippen LogP contribution is -2.12. The summed E-state index contributed by atoms with van der Waals surface area (Å²) < 4.78 is 0. The largest absolute Gasteiger partial charge is 0.370 e. The topological polar surface area (TPSA) is 37.0 Å². The number of anilines is 2. The second-order valence-corrected chi connectivity index (χ2v) is 5.10. The third-order valence-electron chi connectivity index (χ3n) is 3.48. The molecule has 2 rings (SSSR count). The van der Waals surface area contributed by atoms with Crippen LogP contribution in [0.5, 0.6) is 0 Å². The summed E-state index contributed by atoms with van der Waals surface area (Å²) in [6, 6.07) is 6.09. The van der Waals surface area contributed by atoms with Crippen molar-refractivity contribution in [3.05, 3.63) is 18.2 Å². The van der Waals surface area contributed by atoms with Gasteiger partial charge in [-0.05, 0) is 43.7 Å². The van der Waals surface area contributed by atoms with Crippen LogP contribution in [0.3, 0.4) is 0 Å². The smallest absolute Gasteiger partial charge is 0.128 e. The molecule has 2 unspecified atom stereocenters. The third kappa shape index (κ3) is 3.62. The normalized spacial score (nSPS) is 23.6. The molecule has 1 heterocycles. The van der Waals surface area contributed by atoms with Gasteiger partial charge in [0.05, 0.1) is 0 Å². The maximum atomic E-state index is 4.52. The average molecular weight is 233 g/mol. The van der Waals surface area contributed by atoms with Gasteiger partial charge in [0.1, 0.15) is 11.6 Å². The van der Waals surface area contributed by atoms with E-state index in [0.717, 1.165) is 36.6 Å². The van der Waals surface area contributed by atoms with E-state index in [1.165, 1.54) is 19.3 Å². The van der Waals surface area contributed by atoms with Gasteiger partial charge < -0.3 is 10.6 Å². The SMILES string of the molecule is CCNc1cccc(NCC2CCC(C)C2)n1. The molecule has 1 aliphatic carbocycles. The van der Waals surface area contributed by atoms with Crippen molar-refractivity contribution in [2.24, 2.45) is 11.8 Å². The zero-order valence-electron chi connectivity index (χ0n) is 10.9. The summed E-state index contributed by atoms with van der Waals surface area (Å²) in [6.45, 7) is 6.41. The number of aromatic nitrogens is 1. The molecule has 1 saturated carbocycles. The standard InChI is InChI=1S/C14H23N3/c1-3-15-13-5-4-6-14(17-13)16-10-12-8-7-11(2)9-12/h4-6,11-12H,3,7-10H2,1-2H3,(H2,15,16,17). The molecule has 0 aromatic carbocycles. The van der Waals surface area contributed by atoms with E-state index in [2.05, 4.69) is 29.5 Å². The van der Waals surface area contributed by atoms with Crippen LogP contribution in [0.15, 0.2) is 18.2 Å². The molecule has 3 nitrogen and oxygen atoms in total. The second-order valence-electron chi connectivity index (χ2n) is 5.10. The Morgan fingerprint density at radius 2 is 2.00 bits per heavy atom. The van der Waals surface area contributed by atoms with Gasteiger partial charge in [-0.15, -0.1) is 0 Å². The minimum atomic E-state index is 0.828. The molecule has 0 bridgehead atoms. The quantitative estimate of drug-likeness (QED) is 0.818. The Bertz CT molecular complexity index is 351. The number of pyridine rings is 1. The molecule has 0 amide bonds. The van der Waals surface area contributed by atoms with E-state index in [1.54, 1.807) is 0 Å². The van der Waals surface area contributed by atoms with E-state index in [9.17, 15) is 0 Å². The Labute approximate surface area is 104 Å². The molecule has 1 aromatic rings. The predicted molar refractivity (Wildman–Crippen MR) is 73.4 cm³/mol. The van der Waals surface area contributed by atoms with Gasteiger partial charge in [-0.25, -0.2) is 4.98 Å². The van der Waals surface area contributed by atoms with Crippen LogP contribution < -0.4 is 10.6 Å². The first-order valence-corrected chi connectivity index (χ1v) is 6.72. The molecule has 3 heteroatoms. The number of nitrogens with zero attached hydrogens (tertiary/aromatic N) is 1. The predicted octanol–water partition coefficient (Wildman–Crippen LogP) is 3.36. The summed E-state index contributed by atoms with van der Waals surface area (Å²) in [5, 5.41) is 6.69. The molecule has 2 N–H and O–H groups in total. The number of hydrogen-bond acceptors (Lipinski definition) is 3. The molecule has 0 spiro atoms. The van der Waals surface area contributed by atoms with Gasteiger partial charge in [0, 0.05) is 13.1 Å². The highest BCUT2D eigenvalue weighted by Gasteiger charge is 2.20. The zero-order valence-corrected chi connectivity index (χ0v) is 10.9. The van der Waals surface area contributed by atoms with Crippen LogP contribution in [0.1, 0.15) is 33.1 Å². The summed E-state index contributed by atoms with van der Waals surface area (Å²) in [4.78, 5) is 4.52. The van der Waals surface area contributed by atoms with Gasteiger partial charge >= 0.3 is 0 Å². The highest BCUT2D eigenvalue weighted by molar-refractivity contribution is 5.44. The van der Waals surface area contributed by atoms with Gasteiger partial charge in [0.15, 0.2) is 0 Å². The van der Waals surface area contributed by atoms with E-state index in [0.29, 0.717) is 0 Å². The van der Waals surface area contributed by atoms with E-state index < -0.39 is 0 Å². The fourth-order valence-electron chi connectivity index (χ4n) is 2.57. The Balaban J connectivity index is 1.83. The molecule has 0 saturated heterocycles. The molecule has 94 valence electrons. The van der Waals surface area contributed by atoms with Crippen molar-refractivity contribution < 1.29 is 0 Å². The third-order valence-corrected chi connectivity index (χ3v) is 3.48. The Hall–Kier alpha value is -1.25. The Kier molecular flexibility index (Phi) is 4.24. The monoisotopic (exact) mass is 233 g/mol. The fourth-order valence-corrected chi connectivity index (χ4v) is 2.57. The lowest BCUT2D eigenvalue weighted by molar-refractivity contribution is 0.536. The summed E-state index contributed by atoms with van der Waals surface area (Å²) in [6.07, 6.45) is 4.11. The maximum absolute atomic E-state index is 4.52. The molecule has 2 atom stereocenters. The summed E-state index contributed by atoms with van der Waals surface area (Å²) >= 11 is 0. The zero-order chi connectivity index (χ0) is 12.1. The van der Waals surface area contributed by atoms with Crippen molar-refractivity contribution in [1.29, 1.82) is 0 Å². The molecule has 17 heavy (non-hydrogen) atoms. The van der Waals surface area contributed by atoms with Gasteiger partial charge in [0.25, 0.3) is 0 Å². The first-order valence-electron chi connectivity index (χ1n) is 6.72. The number of hydrogen-bond donors (Lipinski definition) is 2. The molecular formula is C14H23N3. The molecule has 1 aromatic heterocycles. The summed E-state index contributed by atoms with van der Waals surface area (Å²) in [7, 11) is 0. The minimum absolute atomic E-state index is 0.828. The summed E-state index contributed by atoms with van der Waals surface area (Å²) in [5.74, 6) is 3.68. The number of rotatable bonds is 5. The van der Waals surface area contributed by atoms with Crippen LogP contribution in [0.4, 0.5) is 11.6 Å². The lowest BCUT2D eigenvalue weighted by Gasteiger charge is -2.12. The van der Waals surface area contributed by atoms with Crippen LogP contribution in [-0.4, -0.2) is 18.1 Å². The van der Waals surface area contributed by atoms with Crippen molar-refractivity contribution >= 4 is 11.6 Å². The van der Waals surface area contributed by atoms with Gasteiger partial charge in [0.2, 0.25) is 0 Å². The van der Waals surface area contributed by atoms with Crippen LogP contribution in [0, 0.1) is 11.8 Å². The van der Waals surface area contributed by atoms with Gasteiger partial charge in [-0.3, -0.25) is 0 Å². The minimum Gasteiger partial charge on any atom is -0.370 e. The molecular weight excluding hydrogens is 210 g/mol. The van der Waals surface area contributed by atoms with Gasteiger partial charge in [-0.1, -0.05) is 19.4 Å². The Morgan fingerprint density at radius 1 is 1.24 bits per heavy atom. The van der Waals surface area contributed by atoms with E-state index >= 15 is 0 Å². The highest BCUT2D eigenvalue weighted by atomic mass is 15.1. The van der Waals surface area contributed by atoms with Crippen molar-refractivity contribution in [2.45, 2.75) is 33.1 Å². The van der Waals surface area contributed by atoms with Crippen LogP contribution >= 0.6 is 0 Å². The molecule has 1 fully saturated rings. The lowest BCUT2D eigenvalue weighted by atomic mass is 10.1. The van der Waals surface area contributed by atoms with Crippen LogP contribution in [0.25, 0.3) is 0 Å². The molecule has 1 aliphatic rings. The average Bonchev–Trinajstić information content (AvgIpc) is 2.74. The molecule has 0 aliphatic heterocycles. The summed E-state index contributed by atoms with van der Waals surface area (Å²) in [5.41, 5.74) is 0. The number of nitrogens with one attached hydrogen (secondary N) is 2. The highest BCUT2D eigenvalue weighted by Crippen LogP contribution is 2.30. The first-order chi connectivity index (χ1) is 8.28. The van der Waals surface area contributed by atoms with Crippen LogP contribution in [-0.2, 0) is 0 Å². The second kappa shape index (κ2) is 5.89. The Morgan fingerprint density at radius 3 is 2.65 bits per heavy atom. The van der Waals surface area contributed by atoms with Crippen molar-refractivity contribution in [3.63, 3.8) is 0 Å². The van der Waals surface area contributed by atoms with Crippen molar-refractivity contribution in [2.75, 3.05) is 23.7 Å². The molecule has 0 radical (unpaired) electrons. The van der Waals surface area contributed by atoms with E-state index in [-0.39, 0.29) is 0 Å². The fraction of sp³-hybridized carbons (Fsp3) is 0.643.